The predicted molar refractivity (Wildman–Crippen MR) is 74.5 cm³/mol. The largest absolute Gasteiger partial charge is 0.496 e. The molecule has 0 aromatic heterocycles. The van der Waals surface area contributed by atoms with Crippen molar-refractivity contribution in [3.63, 3.8) is 0 Å². The van der Waals surface area contributed by atoms with Crippen molar-refractivity contribution in [1.29, 1.82) is 0 Å². The van der Waals surface area contributed by atoms with E-state index in [9.17, 15) is 4.79 Å². The molecule has 0 heterocycles. The van der Waals surface area contributed by atoms with E-state index >= 15 is 0 Å². The number of nitrogens with one attached hydrogen (secondary N) is 1. The van der Waals surface area contributed by atoms with Crippen LogP contribution in [0.25, 0.3) is 0 Å². The van der Waals surface area contributed by atoms with Crippen LogP contribution in [0.5, 0.6) is 17.2 Å². The molecule has 0 amide bonds. The van der Waals surface area contributed by atoms with E-state index in [0.29, 0.717) is 29.4 Å². The fourth-order valence-electron chi connectivity index (χ4n) is 1.94. The first kappa shape index (κ1) is 16.1. The Hall–Kier alpha value is -1.95. The Labute approximate surface area is 119 Å². The summed E-state index contributed by atoms with van der Waals surface area (Å²) < 4.78 is 20.7. The van der Waals surface area contributed by atoms with Gasteiger partial charge >= 0.3 is 5.97 Å². The summed E-state index contributed by atoms with van der Waals surface area (Å²) >= 11 is 0. The molecule has 0 aliphatic heterocycles. The topological polar surface area (TPSA) is 66.0 Å². The number of benzene rings is 1. The lowest BCUT2D eigenvalue weighted by Crippen LogP contribution is -2.30. The number of hydrogen-bond acceptors (Lipinski definition) is 6. The molecule has 1 N–H and O–H groups in total. The first-order valence-electron chi connectivity index (χ1n) is 6.24. The van der Waals surface area contributed by atoms with Gasteiger partial charge in [0.05, 0.1) is 34.0 Å². The van der Waals surface area contributed by atoms with Gasteiger partial charge in [0.15, 0.2) is 0 Å². The summed E-state index contributed by atoms with van der Waals surface area (Å²) in [7, 11) is 5.95. The summed E-state index contributed by atoms with van der Waals surface area (Å²) in [5, 5.41) is 3.06. The molecule has 1 atom stereocenters. The first-order valence-corrected chi connectivity index (χ1v) is 6.24. The molecule has 0 radical (unpaired) electrons. The van der Waals surface area contributed by atoms with Crippen molar-refractivity contribution in [1.82, 2.24) is 5.32 Å². The van der Waals surface area contributed by atoms with E-state index in [1.54, 1.807) is 19.2 Å². The van der Waals surface area contributed by atoms with Gasteiger partial charge in [0.2, 0.25) is 0 Å². The van der Waals surface area contributed by atoms with Crippen LogP contribution in [-0.4, -0.2) is 41.0 Å². The second-order valence-electron chi connectivity index (χ2n) is 3.96. The number of methoxy groups -OCH3 is 4. The van der Waals surface area contributed by atoms with Crippen LogP contribution in [0.2, 0.25) is 0 Å². The number of likely N-dealkylation sites (N-methyl/N-ethyl adjacent to an activating group) is 1. The Morgan fingerprint density at radius 1 is 1.10 bits per heavy atom. The highest BCUT2D eigenvalue weighted by Crippen LogP contribution is 2.38. The monoisotopic (exact) mass is 283 g/mol. The van der Waals surface area contributed by atoms with Crippen LogP contribution in [0, 0.1) is 0 Å². The van der Waals surface area contributed by atoms with Gasteiger partial charge in [-0.3, -0.25) is 0 Å². The molecule has 0 aliphatic carbocycles. The Morgan fingerprint density at radius 3 is 2.00 bits per heavy atom. The molecule has 0 spiro atoms. The lowest BCUT2D eigenvalue weighted by atomic mass is 10.0. The summed E-state index contributed by atoms with van der Waals surface area (Å²) in [6.07, 6.45) is 0. The molecule has 1 aromatic carbocycles. The molecule has 112 valence electrons. The Bertz CT molecular complexity index is 436. The minimum Gasteiger partial charge on any atom is -0.496 e. The molecule has 1 aromatic rings. The van der Waals surface area contributed by atoms with Gasteiger partial charge in [-0.15, -0.1) is 0 Å². The predicted octanol–water partition coefficient (Wildman–Crippen LogP) is 1.54. The summed E-state index contributed by atoms with van der Waals surface area (Å²) in [6, 6.07) is 2.73. The molecule has 6 heteroatoms. The van der Waals surface area contributed by atoms with Crippen LogP contribution < -0.4 is 19.5 Å². The molecule has 0 fully saturated rings. The van der Waals surface area contributed by atoms with Crippen molar-refractivity contribution in [2.24, 2.45) is 0 Å². The number of carbonyl (C=O) groups excluding carboxylic acids is 1. The van der Waals surface area contributed by atoms with Crippen molar-refractivity contribution >= 4 is 5.97 Å². The third-order valence-corrected chi connectivity index (χ3v) is 2.89. The van der Waals surface area contributed by atoms with Gasteiger partial charge in [-0.1, -0.05) is 6.92 Å². The maximum atomic E-state index is 12.0. The van der Waals surface area contributed by atoms with Crippen LogP contribution >= 0.6 is 0 Å². The Kier molecular flexibility index (Phi) is 6.11. The summed E-state index contributed by atoms with van der Waals surface area (Å²) in [5.74, 6) is 1.17. The summed E-state index contributed by atoms with van der Waals surface area (Å²) in [6.45, 7) is 2.50. The molecule has 1 unspecified atom stereocenters. The number of hydrogen-bond donors (Lipinski definition) is 1. The second-order valence-corrected chi connectivity index (χ2v) is 3.96. The molecule has 6 nitrogen and oxygen atoms in total. The molecular weight excluding hydrogens is 262 g/mol. The SMILES string of the molecule is CCNC(C(=O)OC)c1c(OC)cc(OC)cc1OC. The zero-order chi connectivity index (χ0) is 15.1. The van der Waals surface area contributed by atoms with Crippen LogP contribution in [0.4, 0.5) is 0 Å². The van der Waals surface area contributed by atoms with Gasteiger partial charge in [-0.2, -0.15) is 0 Å². The molecule has 1 rings (SSSR count). The van der Waals surface area contributed by atoms with Crippen LogP contribution in [0.1, 0.15) is 18.5 Å². The zero-order valence-electron chi connectivity index (χ0n) is 12.5. The minimum atomic E-state index is -0.666. The molecule has 0 aliphatic rings. The van der Waals surface area contributed by atoms with E-state index in [4.69, 9.17) is 18.9 Å². The molecule has 0 saturated carbocycles. The average molecular weight is 283 g/mol. The fourth-order valence-corrected chi connectivity index (χ4v) is 1.94. The van der Waals surface area contributed by atoms with E-state index < -0.39 is 12.0 Å². The van der Waals surface area contributed by atoms with Gasteiger partial charge in [0.25, 0.3) is 0 Å². The highest BCUT2D eigenvalue weighted by Gasteiger charge is 2.28. The van der Waals surface area contributed by atoms with Gasteiger partial charge in [-0.25, -0.2) is 4.79 Å². The van der Waals surface area contributed by atoms with Gasteiger partial charge in [0.1, 0.15) is 23.3 Å². The van der Waals surface area contributed by atoms with E-state index in [1.165, 1.54) is 21.3 Å². The average Bonchev–Trinajstić information content (AvgIpc) is 2.50. The molecular formula is C14H21NO5. The normalized spacial score (nSPS) is 11.7. The molecule has 0 saturated heterocycles. The third-order valence-electron chi connectivity index (χ3n) is 2.89. The quantitative estimate of drug-likeness (QED) is 0.766. The van der Waals surface area contributed by atoms with E-state index in [-0.39, 0.29) is 0 Å². The third kappa shape index (κ3) is 3.33. The van der Waals surface area contributed by atoms with Crippen LogP contribution in [0.15, 0.2) is 12.1 Å². The number of ether oxygens (including phenoxy) is 4. The van der Waals surface area contributed by atoms with Gasteiger partial charge < -0.3 is 24.3 Å². The van der Waals surface area contributed by atoms with E-state index in [0.717, 1.165) is 0 Å². The van der Waals surface area contributed by atoms with E-state index in [2.05, 4.69) is 5.32 Å². The first-order chi connectivity index (χ1) is 9.62. The van der Waals surface area contributed by atoms with Gasteiger partial charge in [-0.05, 0) is 6.54 Å². The highest BCUT2D eigenvalue weighted by atomic mass is 16.5. The second kappa shape index (κ2) is 7.59. The maximum Gasteiger partial charge on any atom is 0.327 e. The molecule has 20 heavy (non-hydrogen) atoms. The van der Waals surface area contributed by atoms with Crippen LogP contribution in [-0.2, 0) is 9.53 Å². The van der Waals surface area contributed by atoms with Gasteiger partial charge in [0, 0.05) is 12.1 Å². The van der Waals surface area contributed by atoms with Crippen molar-refractivity contribution in [3.05, 3.63) is 17.7 Å². The van der Waals surface area contributed by atoms with E-state index in [1.807, 2.05) is 6.92 Å². The van der Waals surface area contributed by atoms with Crippen LogP contribution in [0.3, 0.4) is 0 Å². The zero-order valence-corrected chi connectivity index (χ0v) is 12.5. The Morgan fingerprint density at radius 2 is 1.65 bits per heavy atom. The highest BCUT2D eigenvalue weighted by molar-refractivity contribution is 5.80. The number of esters is 1. The van der Waals surface area contributed by atoms with Crippen molar-refractivity contribution in [3.8, 4) is 17.2 Å². The lowest BCUT2D eigenvalue weighted by molar-refractivity contribution is -0.143. The summed E-state index contributed by atoms with van der Waals surface area (Å²) in [5.41, 5.74) is 0.588. The minimum absolute atomic E-state index is 0.409. The Balaban J connectivity index is 3.41. The fraction of sp³-hybridized carbons (Fsp3) is 0.500. The van der Waals surface area contributed by atoms with Crippen molar-refractivity contribution < 1.29 is 23.7 Å². The number of rotatable bonds is 7. The van der Waals surface area contributed by atoms with Crippen molar-refractivity contribution in [2.45, 2.75) is 13.0 Å². The lowest BCUT2D eigenvalue weighted by Gasteiger charge is -2.21. The van der Waals surface area contributed by atoms with Crippen molar-refractivity contribution in [2.75, 3.05) is 35.0 Å². The maximum absolute atomic E-state index is 12.0. The summed E-state index contributed by atoms with van der Waals surface area (Å²) in [4.78, 5) is 12.0. The number of carbonyl (C=O) groups is 1. The standard InChI is InChI=1S/C14H21NO5/c1-6-15-13(14(16)20-5)12-10(18-3)7-9(17-2)8-11(12)19-4/h7-8,13,15H,6H2,1-5H3. The molecule has 0 bridgehead atoms. The smallest absolute Gasteiger partial charge is 0.327 e.